The third kappa shape index (κ3) is 4.87. The van der Waals surface area contributed by atoms with Gasteiger partial charge in [0.25, 0.3) is 0 Å². The number of amides is 1. The second-order valence-corrected chi connectivity index (χ2v) is 13.3. The van der Waals surface area contributed by atoms with Crippen molar-refractivity contribution in [3.63, 3.8) is 0 Å². The molecule has 9 nitrogen and oxygen atoms in total. The molecular weight excluding hydrogens is 535 g/mol. The van der Waals surface area contributed by atoms with Crippen LogP contribution in [0.4, 0.5) is 23.7 Å². The van der Waals surface area contributed by atoms with Crippen LogP contribution in [0.1, 0.15) is 38.4 Å². The maximum absolute atomic E-state index is 15.3. The monoisotopic (exact) mass is 561 g/mol. The summed E-state index contributed by atoms with van der Waals surface area (Å²) in [6.45, 7) is 2.48. The summed E-state index contributed by atoms with van der Waals surface area (Å²) in [7, 11) is -3.28. The van der Waals surface area contributed by atoms with E-state index in [2.05, 4.69) is 30.1 Å². The molecule has 0 saturated carbocycles. The Kier molecular flexibility index (Phi) is 7.16. The predicted molar refractivity (Wildman–Crippen MR) is 136 cm³/mol. The van der Waals surface area contributed by atoms with Gasteiger partial charge in [0.05, 0.1) is 33.5 Å². The zero-order valence-electron chi connectivity index (χ0n) is 20.2. The van der Waals surface area contributed by atoms with Crippen molar-refractivity contribution in [2.45, 2.75) is 55.9 Å². The van der Waals surface area contributed by atoms with Gasteiger partial charge >= 0.3 is 12.7 Å². The number of amidine groups is 1. The van der Waals surface area contributed by atoms with Crippen molar-refractivity contribution < 1.29 is 32.0 Å². The summed E-state index contributed by atoms with van der Waals surface area (Å²) in [5, 5.41) is 14.2. The lowest BCUT2D eigenvalue weighted by atomic mass is 9.85. The molecule has 202 valence electrons. The lowest BCUT2D eigenvalue weighted by Crippen LogP contribution is -2.65. The molecule has 1 fully saturated rings. The Bertz CT molecular complexity index is 1310. The van der Waals surface area contributed by atoms with E-state index in [-0.39, 0.29) is 28.7 Å². The van der Waals surface area contributed by atoms with Crippen LogP contribution < -0.4 is 20.1 Å². The topological polar surface area (TPSA) is 125 Å². The average molecular weight is 562 g/mol. The first kappa shape index (κ1) is 27.1. The highest BCUT2D eigenvalue weighted by Gasteiger charge is 2.59. The third-order valence-corrected chi connectivity index (χ3v) is 11.5. The Morgan fingerprint density at radius 2 is 2.08 bits per heavy atom. The summed E-state index contributed by atoms with van der Waals surface area (Å²) in [6.07, 6.45) is 0.223. The fourth-order valence-corrected chi connectivity index (χ4v) is 8.86. The molecule has 0 aliphatic carbocycles. The van der Waals surface area contributed by atoms with Gasteiger partial charge in [-0.15, -0.1) is 0 Å². The number of ether oxygens (including phenoxy) is 1. The van der Waals surface area contributed by atoms with Crippen LogP contribution in [0, 0.1) is 5.82 Å². The molecule has 37 heavy (non-hydrogen) atoms. The van der Waals surface area contributed by atoms with Crippen LogP contribution in [0.3, 0.4) is 0 Å². The Balaban J connectivity index is 1.68. The summed E-state index contributed by atoms with van der Waals surface area (Å²) in [4.78, 5) is 20.2. The highest BCUT2D eigenvalue weighted by atomic mass is 35.5. The molecule has 2 aliphatic heterocycles. The van der Waals surface area contributed by atoms with Crippen LogP contribution in [-0.4, -0.2) is 49.4 Å². The first-order valence-electron chi connectivity index (χ1n) is 11.4. The maximum Gasteiger partial charge on any atom is 0.410 e. The van der Waals surface area contributed by atoms with E-state index in [0.29, 0.717) is 24.3 Å². The zero-order valence-corrected chi connectivity index (χ0v) is 21.8. The van der Waals surface area contributed by atoms with Crippen LogP contribution in [0.5, 0.6) is 5.75 Å². The van der Waals surface area contributed by atoms with E-state index in [1.807, 2.05) is 0 Å². The SMILES string of the molecule is CC1(C)C(NC(=O)O)=N[C@](C)(c2cc(NCc3ncc(OC(F)F)cc3Cl)ccc2F)[C@@H]2CCN[SH]21=O. The van der Waals surface area contributed by atoms with Crippen LogP contribution in [0.25, 0.3) is 0 Å². The van der Waals surface area contributed by atoms with Crippen molar-refractivity contribution in [2.75, 3.05) is 11.9 Å². The zero-order chi connectivity index (χ0) is 27.2. The molecular formula is C23H27ClF3N5O4S. The molecule has 2 atom stereocenters. The fourth-order valence-electron chi connectivity index (χ4n) is 4.96. The molecule has 0 spiro atoms. The number of benzene rings is 1. The van der Waals surface area contributed by atoms with Crippen molar-refractivity contribution in [1.82, 2.24) is 15.0 Å². The first-order chi connectivity index (χ1) is 17.3. The molecule has 1 amide bonds. The summed E-state index contributed by atoms with van der Waals surface area (Å²) < 4.78 is 60.6. The third-order valence-electron chi connectivity index (χ3n) is 6.92. The number of thiol groups is 1. The number of carboxylic acid groups (broad SMARTS) is 1. The number of hydrogen-bond donors (Lipinski definition) is 5. The highest BCUT2D eigenvalue weighted by molar-refractivity contribution is 8.04. The normalized spacial score (nSPS) is 24.6. The molecule has 3 heterocycles. The van der Waals surface area contributed by atoms with E-state index >= 15 is 4.39 Å². The Morgan fingerprint density at radius 3 is 2.73 bits per heavy atom. The van der Waals surface area contributed by atoms with Crippen molar-refractivity contribution >= 4 is 39.3 Å². The van der Waals surface area contributed by atoms with Gasteiger partial charge in [0.2, 0.25) is 0 Å². The van der Waals surface area contributed by atoms with Gasteiger partial charge in [-0.05, 0) is 55.5 Å². The molecule has 0 bridgehead atoms. The number of fused-ring (bicyclic) bond motifs is 1. The largest absolute Gasteiger partial charge is 0.465 e. The predicted octanol–water partition coefficient (Wildman–Crippen LogP) is 4.05. The molecule has 2 aliphatic rings. The number of nitrogens with one attached hydrogen (secondary N) is 3. The van der Waals surface area contributed by atoms with Crippen molar-refractivity contribution in [3.05, 3.63) is 52.6 Å². The minimum absolute atomic E-state index is 0.00339. The summed E-state index contributed by atoms with van der Waals surface area (Å²) in [5.74, 6) is -0.773. The summed E-state index contributed by atoms with van der Waals surface area (Å²) in [6, 6.07) is 5.48. The van der Waals surface area contributed by atoms with Gasteiger partial charge in [-0.25, -0.2) is 9.18 Å². The number of hydrogen-bond acceptors (Lipinski definition) is 6. The van der Waals surface area contributed by atoms with Gasteiger partial charge in [0.1, 0.15) is 22.9 Å². The van der Waals surface area contributed by atoms with Crippen LogP contribution in [0.15, 0.2) is 35.5 Å². The second-order valence-electron chi connectivity index (χ2n) is 9.49. The van der Waals surface area contributed by atoms with E-state index < -0.39 is 44.2 Å². The minimum Gasteiger partial charge on any atom is -0.465 e. The van der Waals surface area contributed by atoms with E-state index in [9.17, 15) is 22.9 Å². The smallest absolute Gasteiger partial charge is 0.410 e. The van der Waals surface area contributed by atoms with Gasteiger partial charge < -0.3 is 15.2 Å². The quantitative estimate of drug-likeness (QED) is 0.339. The number of aromatic nitrogens is 1. The molecule has 2 aromatic rings. The van der Waals surface area contributed by atoms with Gasteiger partial charge in [-0.2, -0.15) is 8.78 Å². The van der Waals surface area contributed by atoms with Gasteiger partial charge in [-0.3, -0.25) is 24.2 Å². The van der Waals surface area contributed by atoms with Gasteiger partial charge in [0, 0.05) is 23.9 Å². The van der Waals surface area contributed by atoms with Crippen LogP contribution in [-0.2, 0) is 22.2 Å². The number of pyridine rings is 1. The van der Waals surface area contributed by atoms with E-state index in [1.54, 1.807) is 20.8 Å². The molecule has 1 aromatic heterocycles. The van der Waals surface area contributed by atoms with E-state index in [0.717, 1.165) is 6.20 Å². The van der Waals surface area contributed by atoms with Crippen LogP contribution >= 0.6 is 11.6 Å². The van der Waals surface area contributed by atoms with E-state index in [4.69, 9.17) is 11.6 Å². The number of alkyl halides is 2. The first-order valence-corrected chi connectivity index (χ1v) is 13.5. The number of aliphatic imine (C=N–C) groups is 1. The highest BCUT2D eigenvalue weighted by Crippen LogP contribution is 2.49. The molecule has 1 aromatic carbocycles. The minimum atomic E-state index is -3.28. The second kappa shape index (κ2) is 9.76. The molecule has 14 heteroatoms. The van der Waals surface area contributed by atoms with Crippen molar-refractivity contribution in [3.8, 4) is 5.75 Å². The standard InChI is InChI=1S/C23H27ClF3N5O4S/c1-22(2)19(31-21(33)34)32-23(3,18-6-7-30-37(18,22)35)14-8-12(4-5-16(14)25)28-11-17-15(24)9-13(10-29-17)36-20(26)27/h4-5,8-10,18,20,28,37H,6-7,11H2,1-3H3,(H,30,35)(H,31,32)(H,33,34)/t18-,23+/m0/s1. The lowest BCUT2D eigenvalue weighted by molar-refractivity contribution is -0.0500. The average Bonchev–Trinajstić information content (AvgIpc) is 3.22. The number of carbonyl (C=O) groups is 1. The Hall–Kier alpha value is -2.90. The molecule has 0 radical (unpaired) electrons. The number of anilines is 1. The van der Waals surface area contributed by atoms with Crippen LogP contribution in [0.2, 0.25) is 5.02 Å². The summed E-state index contributed by atoms with van der Waals surface area (Å²) >= 11 is 6.14. The van der Waals surface area contributed by atoms with Crippen molar-refractivity contribution in [1.29, 1.82) is 0 Å². The molecule has 4 N–H and O–H groups in total. The molecule has 1 saturated heterocycles. The Morgan fingerprint density at radius 1 is 1.35 bits per heavy atom. The Labute approximate surface area is 217 Å². The van der Waals surface area contributed by atoms with Gasteiger partial charge in [0.15, 0.2) is 0 Å². The molecule has 4 rings (SSSR count). The number of halogens is 4. The number of rotatable bonds is 6. The fraction of sp³-hybridized carbons (Fsp3) is 0.435. The number of nitrogens with zero attached hydrogens (tertiary/aromatic N) is 2. The van der Waals surface area contributed by atoms with Gasteiger partial charge in [-0.1, -0.05) is 11.6 Å². The maximum atomic E-state index is 15.3. The summed E-state index contributed by atoms with van der Waals surface area (Å²) in [5.41, 5.74) is -0.378. The van der Waals surface area contributed by atoms with Crippen molar-refractivity contribution in [2.24, 2.45) is 4.99 Å². The molecule has 0 unspecified atom stereocenters. The van der Waals surface area contributed by atoms with E-state index in [1.165, 1.54) is 24.3 Å². The lowest BCUT2D eigenvalue weighted by Gasteiger charge is -2.51.